The first-order valence-corrected chi connectivity index (χ1v) is 7.90. The van der Waals surface area contributed by atoms with E-state index in [1.165, 1.54) is 11.1 Å². The first-order chi connectivity index (χ1) is 11.7. The van der Waals surface area contributed by atoms with E-state index in [0.717, 1.165) is 6.42 Å². The van der Waals surface area contributed by atoms with Crippen LogP contribution in [0.3, 0.4) is 0 Å². The van der Waals surface area contributed by atoms with E-state index in [9.17, 15) is 4.79 Å². The summed E-state index contributed by atoms with van der Waals surface area (Å²) in [7, 11) is 3.11. The molecule has 0 fully saturated rings. The van der Waals surface area contributed by atoms with Gasteiger partial charge in [-0.1, -0.05) is 24.3 Å². The standard InChI is InChI=1S/C19H21NO4/c1-22-17-8-7-14(10-18(17)23-2)19(21)20-11-16-9-13-5-3-4-6-15(13)12-24-16/h3-8,10,16H,9,11-12H2,1-2H3,(H,20,21)/t16-/m0/s1. The van der Waals surface area contributed by atoms with Gasteiger partial charge in [-0.25, -0.2) is 0 Å². The number of fused-ring (bicyclic) bond motifs is 1. The van der Waals surface area contributed by atoms with Gasteiger partial charge in [0, 0.05) is 18.5 Å². The largest absolute Gasteiger partial charge is 0.493 e. The highest BCUT2D eigenvalue weighted by Gasteiger charge is 2.20. The molecule has 5 nitrogen and oxygen atoms in total. The molecule has 1 heterocycles. The molecule has 1 N–H and O–H groups in total. The predicted octanol–water partition coefficient (Wildman–Crippen LogP) is 2.58. The number of hydrogen-bond acceptors (Lipinski definition) is 4. The van der Waals surface area contributed by atoms with Gasteiger partial charge in [-0.05, 0) is 29.3 Å². The van der Waals surface area contributed by atoms with Crippen molar-refractivity contribution < 1.29 is 19.0 Å². The van der Waals surface area contributed by atoms with Crippen molar-refractivity contribution >= 4 is 5.91 Å². The lowest BCUT2D eigenvalue weighted by Gasteiger charge is -2.25. The third-order valence-electron chi connectivity index (χ3n) is 4.18. The van der Waals surface area contributed by atoms with Crippen LogP contribution in [-0.4, -0.2) is 32.8 Å². The fourth-order valence-electron chi connectivity index (χ4n) is 2.83. The Morgan fingerprint density at radius 2 is 1.88 bits per heavy atom. The van der Waals surface area contributed by atoms with Crippen molar-refractivity contribution in [3.8, 4) is 11.5 Å². The molecule has 24 heavy (non-hydrogen) atoms. The molecule has 126 valence electrons. The summed E-state index contributed by atoms with van der Waals surface area (Å²) in [6.45, 7) is 1.06. The fraction of sp³-hybridized carbons (Fsp3) is 0.316. The number of carbonyl (C=O) groups is 1. The zero-order chi connectivity index (χ0) is 16.9. The van der Waals surface area contributed by atoms with Crippen LogP contribution >= 0.6 is 0 Å². The quantitative estimate of drug-likeness (QED) is 0.917. The zero-order valence-corrected chi connectivity index (χ0v) is 13.9. The number of methoxy groups -OCH3 is 2. The molecule has 1 aliphatic heterocycles. The number of amides is 1. The van der Waals surface area contributed by atoms with Crippen molar-refractivity contribution in [2.75, 3.05) is 20.8 Å². The van der Waals surface area contributed by atoms with E-state index in [1.54, 1.807) is 32.4 Å². The number of benzene rings is 2. The molecule has 3 rings (SSSR count). The Morgan fingerprint density at radius 3 is 2.62 bits per heavy atom. The van der Waals surface area contributed by atoms with Crippen molar-refractivity contribution in [3.63, 3.8) is 0 Å². The van der Waals surface area contributed by atoms with Crippen LogP contribution in [-0.2, 0) is 17.8 Å². The summed E-state index contributed by atoms with van der Waals surface area (Å²) < 4.78 is 16.2. The molecule has 1 amide bonds. The molecular weight excluding hydrogens is 306 g/mol. The molecule has 0 unspecified atom stereocenters. The van der Waals surface area contributed by atoms with Gasteiger partial charge in [0.25, 0.3) is 5.91 Å². The molecule has 1 aliphatic rings. The second-order valence-corrected chi connectivity index (χ2v) is 5.69. The molecule has 0 radical (unpaired) electrons. The maximum absolute atomic E-state index is 12.3. The van der Waals surface area contributed by atoms with E-state index in [-0.39, 0.29) is 12.0 Å². The monoisotopic (exact) mass is 327 g/mol. The Morgan fingerprint density at radius 1 is 1.12 bits per heavy atom. The van der Waals surface area contributed by atoms with Gasteiger partial charge < -0.3 is 19.5 Å². The molecule has 2 aromatic rings. The summed E-state index contributed by atoms with van der Waals surface area (Å²) in [5, 5.41) is 2.93. The normalized spacial score (nSPS) is 16.2. The van der Waals surface area contributed by atoms with Gasteiger partial charge in [0.1, 0.15) is 0 Å². The van der Waals surface area contributed by atoms with Gasteiger partial charge in [-0.15, -0.1) is 0 Å². The third kappa shape index (κ3) is 3.51. The summed E-state index contributed by atoms with van der Waals surface area (Å²) in [5.41, 5.74) is 3.04. The lowest BCUT2D eigenvalue weighted by molar-refractivity contribution is 0.0285. The second-order valence-electron chi connectivity index (χ2n) is 5.69. The Hall–Kier alpha value is -2.53. The Balaban J connectivity index is 1.60. The van der Waals surface area contributed by atoms with Crippen LogP contribution in [0, 0.1) is 0 Å². The minimum atomic E-state index is -0.154. The average Bonchev–Trinajstić information content (AvgIpc) is 2.65. The smallest absolute Gasteiger partial charge is 0.251 e. The molecule has 0 saturated heterocycles. The highest BCUT2D eigenvalue weighted by Crippen LogP contribution is 2.27. The lowest BCUT2D eigenvalue weighted by atomic mass is 9.99. The van der Waals surface area contributed by atoms with Crippen molar-refractivity contribution in [2.45, 2.75) is 19.1 Å². The molecule has 0 aliphatic carbocycles. The summed E-state index contributed by atoms with van der Waals surface area (Å²) in [5.74, 6) is 0.979. The summed E-state index contributed by atoms with van der Waals surface area (Å²) >= 11 is 0. The SMILES string of the molecule is COc1ccc(C(=O)NC[C@@H]2Cc3ccccc3CO2)cc1OC. The zero-order valence-electron chi connectivity index (χ0n) is 13.9. The molecule has 0 bridgehead atoms. The highest BCUT2D eigenvalue weighted by atomic mass is 16.5. The number of nitrogens with one attached hydrogen (secondary N) is 1. The van der Waals surface area contributed by atoms with E-state index in [2.05, 4.69) is 17.4 Å². The fourth-order valence-corrected chi connectivity index (χ4v) is 2.83. The van der Waals surface area contributed by atoms with E-state index in [4.69, 9.17) is 14.2 Å². The van der Waals surface area contributed by atoms with Crippen LogP contribution < -0.4 is 14.8 Å². The topological polar surface area (TPSA) is 56.8 Å². The molecule has 0 spiro atoms. The second kappa shape index (κ2) is 7.36. The third-order valence-corrected chi connectivity index (χ3v) is 4.18. The van der Waals surface area contributed by atoms with Crippen LogP contribution in [0.15, 0.2) is 42.5 Å². The average molecular weight is 327 g/mol. The van der Waals surface area contributed by atoms with Gasteiger partial charge in [0.05, 0.1) is 26.9 Å². The lowest BCUT2D eigenvalue weighted by Crippen LogP contribution is -2.36. The molecule has 2 aromatic carbocycles. The number of carbonyl (C=O) groups excluding carboxylic acids is 1. The number of ether oxygens (including phenoxy) is 3. The van der Waals surface area contributed by atoms with Crippen molar-refractivity contribution in [1.82, 2.24) is 5.32 Å². The van der Waals surface area contributed by atoms with E-state index >= 15 is 0 Å². The minimum absolute atomic E-state index is 0.0102. The van der Waals surface area contributed by atoms with Crippen molar-refractivity contribution in [3.05, 3.63) is 59.2 Å². The molecule has 1 atom stereocenters. The van der Waals surface area contributed by atoms with Gasteiger partial charge in [-0.3, -0.25) is 4.79 Å². The summed E-state index contributed by atoms with van der Waals surface area (Å²) in [6.07, 6.45) is 0.798. The first-order valence-electron chi connectivity index (χ1n) is 7.90. The van der Waals surface area contributed by atoms with Crippen molar-refractivity contribution in [1.29, 1.82) is 0 Å². The number of hydrogen-bond donors (Lipinski definition) is 1. The predicted molar refractivity (Wildman–Crippen MR) is 90.6 cm³/mol. The van der Waals surface area contributed by atoms with Gasteiger partial charge >= 0.3 is 0 Å². The maximum atomic E-state index is 12.3. The summed E-state index contributed by atoms with van der Waals surface area (Å²) in [6, 6.07) is 13.3. The minimum Gasteiger partial charge on any atom is -0.493 e. The van der Waals surface area contributed by atoms with Crippen LogP contribution in [0.5, 0.6) is 11.5 Å². The van der Waals surface area contributed by atoms with Crippen LogP contribution in [0.4, 0.5) is 0 Å². The van der Waals surface area contributed by atoms with E-state index in [0.29, 0.717) is 30.2 Å². The molecular formula is C19H21NO4. The van der Waals surface area contributed by atoms with E-state index in [1.807, 2.05) is 12.1 Å². The number of rotatable bonds is 5. The molecule has 0 saturated carbocycles. The Kier molecular flexibility index (Phi) is 5.01. The molecule has 5 heteroatoms. The van der Waals surface area contributed by atoms with E-state index < -0.39 is 0 Å². The molecule has 0 aromatic heterocycles. The maximum Gasteiger partial charge on any atom is 0.251 e. The Bertz CT molecular complexity index is 729. The van der Waals surface area contributed by atoms with Crippen LogP contribution in [0.25, 0.3) is 0 Å². The van der Waals surface area contributed by atoms with Crippen molar-refractivity contribution in [2.24, 2.45) is 0 Å². The highest BCUT2D eigenvalue weighted by molar-refractivity contribution is 5.94. The van der Waals surface area contributed by atoms with Crippen LogP contribution in [0.2, 0.25) is 0 Å². The van der Waals surface area contributed by atoms with Gasteiger partial charge in [0.2, 0.25) is 0 Å². The van der Waals surface area contributed by atoms with Crippen LogP contribution in [0.1, 0.15) is 21.5 Å². The first kappa shape index (κ1) is 16.3. The summed E-state index contributed by atoms with van der Waals surface area (Å²) in [4.78, 5) is 12.3. The Labute approximate surface area is 141 Å². The van der Waals surface area contributed by atoms with Gasteiger partial charge in [0.15, 0.2) is 11.5 Å². The van der Waals surface area contributed by atoms with Gasteiger partial charge in [-0.2, -0.15) is 0 Å².